The molecule has 1 nitrogen and oxygen atoms in total. The summed E-state index contributed by atoms with van der Waals surface area (Å²) in [5, 5.41) is 0. The number of hydrogen-bond acceptors (Lipinski definition) is 1. The van der Waals surface area contributed by atoms with E-state index in [1.807, 2.05) is 0 Å². The molecular formula is C14H17N. The monoisotopic (exact) mass is 199 g/mol. The predicted molar refractivity (Wildman–Crippen MR) is 62.6 cm³/mol. The van der Waals surface area contributed by atoms with Crippen LogP contribution in [0.25, 0.3) is 0 Å². The van der Waals surface area contributed by atoms with Gasteiger partial charge in [0.05, 0.1) is 0 Å². The van der Waals surface area contributed by atoms with E-state index >= 15 is 0 Å². The van der Waals surface area contributed by atoms with Gasteiger partial charge in [0.2, 0.25) is 0 Å². The molecule has 0 saturated carbocycles. The molecule has 1 fully saturated rings. The molecule has 0 radical (unpaired) electrons. The number of likely N-dealkylation sites (tertiary alicyclic amines) is 1. The fraction of sp³-hybridized carbons (Fsp3) is 0.429. The first-order valence-corrected chi connectivity index (χ1v) is 5.83. The van der Waals surface area contributed by atoms with Gasteiger partial charge in [-0.3, -0.25) is 4.90 Å². The Morgan fingerprint density at radius 3 is 2.60 bits per heavy atom. The molecule has 1 aliphatic carbocycles. The van der Waals surface area contributed by atoms with E-state index in [2.05, 4.69) is 54.3 Å². The van der Waals surface area contributed by atoms with Crippen molar-refractivity contribution in [1.29, 1.82) is 0 Å². The first-order chi connectivity index (χ1) is 7.34. The zero-order chi connectivity index (χ0) is 10.3. The average Bonchev–Trinajstić information content (AvgIpc) is 2.91. The third kappa shape index (κ3) is 1.51. The van der Waals surface area contributed by atoms with Crippen molar-refractivity contribution in [2.24, 2.45) is 5.92 Å². The van der Waals surface area contributed by atoms with E-state index in [4.69, 9.17) is 0 Å². The van der Waals surface area contributed by atoms with Crippen LogP contribution in [0.1, 0.15) is 24.9 Å². The van der Waals surface area contributed by atoms with E-state index in [1.54, 1.807) is 0 Å². The molecule has 2 bridgehead atoms. The van der Waals surface area contributed by atoms with Gasteiger partial charge in [0, 0.05) is 18.6 Å². The third-order valence-electron chi connectivity index (χ3n) is 3.80. The quantitative estimate of drug-likeness (QED) is 0.662. The topological polar surface area (TPSA) is 3.24 Å². The molecule has 1 heterocycles. The summed E-state index contributed by atoms with van der Waals surface area (Å²) in [4.78, 5) is 2.62. The van der Waals surface area contributed by atoms with Crippen molar-refractivity contribution in [3.8, 4) is 0 Å². The second kappa shape index (κ2) is 3.49. The summed E-state index contributed by atoms with van der Waals surface area (Å²) in [7, 11) is 0. The van der Waals surface area contributed by atoms with Crippen molar-refractivity contribution in [2.45, 2.75) is 25.4 Å². The van der Waals surface area contributed by atoms with Crippen molar-refractivity contribution >= 4 is 0 Å². The van der Waals surface area contributed by atoms with Gasteiger partial charge < -0.3 is 0 Å². The van der Waals surface area contributed by atoms with E-state index < -0.39 is 0 Å². The number of fused-ring (bicyclic) bond motifs is 2. The molecule has 1 aromatic rings. The minimum atomic E-state index is 0.561. The van der Waals surface area contributed by atoms with Gasteiger partial charge in [0.15, 0.2) is 0 Å². The summed E-state index contributed by atoms with van der Waals surface area (Å²) in [6.07, 6.45) is 6.11. The van der Waals surface area contributed by atoms with E-state index in [9.17, 15) is 0 Å². The Morgan fingerprint density at radius 1 is 1.20 bits per heavy atom. The fourth-order valence-electron chi connectivity index (χ4n) is 2.91. The largest absolute Gasteiger partial charge is 0.290 e. The van der Waals surface area contributed by atoms with Crippen molar-refractivity contribution < 1.29 is 0 Å². The molecule has 3 rings (SSSR count). The first-order valence-electron chi connectivity index (χ1n) is 5.83. The van der Waals surface area contributed by atoms with Crippen LogP contribution in [0.2, 0.25) is 0 Å². The molecular weight excluding hydrogens is 182 g/mol. The smallest absolute Gasteiger partial charge is 0.0326 e. The minimum absolute atomic E-state index is 0.561. The molecule has 2 aliphatic rings. The Hall–Kier alpha value is -1.08. The zero-order valence-corrected chi connectivity index (χ0v) is 9.13. The second-order valence-electron chi connectivity index (χ2n) is 4.73. The molecule has 0 spiro atoms. The van der Waals surface area contributed by atoms with Crippen LogP contribution in [-0.4, -0.2) is 17.5 Å². The van der Waals surface area contributed by atoms with Crippen LogP contribution in [0.4, 0.5) is 0 Å². The van der Waals surface area contributed by atoms with Crippen LogP contribution >= 0.6 is 0 Å². The molecule has 0 N–H and O–H groups in total. The van der Waals surface area contributed by atoms with Gasteiger partial charge in [-0.15, -0.1) is 0 Å². The van der Waals surface area contributed by atoms with Crippen LogP contribution in [0.5, 0.6) is 0 Å². The minimum Gasteiger partial charge on any atom is -0.290 e. The average molecular weight is 199 g/mol. The summed E-state index contributed by atoms with van der Waals surface area (Å²) in [5.74, 6) is 0.821. The van der Waals surface area contributed by atoms with Gasteiger partial charge in [-0.05, 0) is 24.8 Å². The van der Waals surface area contributed by atoms with E-state index in [-0.39, 0.29) is 0 Å². The third-order valence-corrected chi connectivity index (χ3v) is 3.80. The van der Waals surface area contributed by atoms with Gasteiger partial charge in [0.25, 0.3) is 0 Å². The molecule has 1 heteroatoms. The lowest BCUT2D eigenvalue weighted by Crippen LogP contribution is -2.32. The highest BCUT2D eigenvalue weighted by atomic mass is 15.2. The maximum atomic E-state index is 2.62. The molecule has 15 heavy (non-hydrogen) atoms. The van der Waals surface area contributed by atoms with Crippen molar-refractivity contribution in [1.82, 2.24) is 4.90 Å². The lowest BCUT2D eigenvalue weighted by atomic mass is 10.1. The standard InChI is InChI=1S/C14H17N/c1-11(13-5-3-2-4-6-13)15-10-12-7-8-14(15)9-12/h2-8,11-12,14H,9-10H2,1H3/t11-,12+,14+/m0/s1. The van der Waals surface area contributed by atoms with E-state index in [0.29, 0.717) is 12.1 Å². The van der Waals surface area contributed by atoms with Gasteiger partial charge >= 0.3 is 0 Å². The molecule has 3 atom stereocenters. The van der Waals surface area contributed by atoms with Gasteiger partial charge in [-0.1, -0.05) is 42.5 Å². The predicted octanol–water partition coefficient (Wildman–Crippen LogP) is 3.01. The molecule has 78 valence electrons. The number of benzene rings is 1. The summed E-state index contributed by atoms with van der Waals surface area (Å²) >= 11 is 0. The SMILES string of the molecule is C[C@@H](c1ccccc1)N1C[C@@H]2C=C[C@@H]1C2. The van der Waals surface area contributed by atoms with Crippen LogP contribution in [0, 0.1) is 5.92 Å². The van der Waals surface area contributed by atoms with Crippen LogP contribution in [0.3, 0.4) is 0 Å². The molecule has 0 unspecified atom stereocenters. The van der Waals surface area contributed by atoms with Crippen LogP contribution < -0.4 is 0 Å². The number of rotatable bonds is 2. The van der Waals surface area contributed by atoms with Crippen LogP contribution in [-0.2, 0) is 0 Å². The maximum Gasteiger partial charge on any atom is 0.0326 e. The molecule has 1 saturated heterocycles. The zero-order valence-electron chi connectivity index (χ0n) is 9.13. The molecule has 0 aromatic heterocycles. The van der Waals surface area contributed by atoms with Crippen LogP contribution in [0.15, 0.2) is 42.5 Å². The van der Waals surface area contributed by atoms with E-state index in [1.165, 1.54) is 18.5 Å². The van der Waals surface area contributed by atoms with Crippen molar-refractivity contribution in [3.05, 3.63) is 48.0 Å². The maximum absolute atomic E-state index is 2.62. The highest BCUT2D eigenvalue weighted by Crippen LogP contribution is 2.37. The first kappa shape index (κ1) is 9.17. The lowest BCUT2D eigenvalue weighted by Gasteiger charge is -2.30. The van der Waals surface area contributed by atoms with Gasteiger partial charge in [-0.25, -0.2) is 0 Å². The van der Waals surface area contributed by atoms with Crippen molar-refractivity contribution in [2.75, 3.05) is 6.54 Å². The Morgan fingerprint density at radius 2 is 2.00 bits per heavy atom. The Labute approximate surface area is 91.4 Å². The highest BCUT2D eigenvalue weighted by molar-refractivity contribution is 5.22. The van der Waals surface area contributed by atoms with Gasteiger partial charge in [0.1, 0.15) is 0 Å². The fourth-order valence-corrected chi connectivity index (χ4v) is 2.91. The van der Waals surface area contributed by atoms with E-state index in [0.717, 1.165) is 5.92 Å². The molecule has 0 amide bonds. The highest BCUT2D eigenvalue weighted by Gasteiger charge is 2.36. The second-order valence-corrected chi connectivity index (χ2v) is 4.73. The van der Waals surface area contributed by atoms with Gasteiger partial charge in [-0.2, -0.15) is 0 Å². The Bertz CT molecular complexity index is 368. The Balaban J connectivity index is 1.81. The summed E-state index contributed by atoms with van der Waals surface area (Å²) in [5.41, 5.74) is 1.44. The summed E-state index contributed by atoms with van der Waals surface area (Å²) in [6, 6.07) is 12.1. The normalized spacial score (nSPS) is 31.0. The summed E-state index contributed by atoms with van der Waals surface area (Å²) in [6.45, 7) is 3.57. The molecule has 1 aromatic carbocycles. The van der Waals surface area contributed by atoms with Crippen molar-refractivity contribution in [3.63, 3.8) is 0 Å². The summed E-state index contributed by atoms with van der Waals surface area (Å²) < 4.78 is 0. The molecule has 1 aliphatic heterocycles. The number of nitrogens with zero attached hydrogens (tertiary/aromatic N) is 1. The number of hydrogen-bond donors (Lipinski definition) is 0. The Kier molecular flexibility index (Phi) is 2.14. The lowest BCUT2D eigenvalue weighted by molar-refractivity contribution is 0.213.